The van der Waals surface area contributed by atoms with Crippen LogP contribution in [0.25, 0.3) is 17.0 Å². The average molecular weight is 296 g/mol. The Morgan fingerprint density at radius 1 is 1.18 bits per heavy atom. The molecule has 0 aliphatic rings. The first-order chi connectivity index (χ1) is 10.7. The molecule has 1 aromatic heterocycles. The van der Waals surface area contributed by atoms with Crippen molar-refractivity contribution in [2.75, 3.05) is 5.32 Å². The Hall–Kier alpha value is -3.15. The van der Waals surface area contributed by atoms with E-state index in [0.29, 0.717) is 5.69 Å². The first kappa shape index (κ1) is 13.8. The molecule has 1 heterocycles. The lowest BCUT2D eigenvalue weighted by molar-refractivity contribution is 0.255. The van der Waals surface area contributed by atoms with Crippen LogP contribution in [-0.4, -0.2) is 16.2 Å². The Morgan fingerprint density at radius 3 is 2.82 bits per heavy atom. The monoisotopic (exact) mass is 296 g/mol. The molecule has 0 aliphatic heterocycles. The van der Waals surface area contributed by atoms with Crippen LogP contribution in [0.4, 0.5) is 14.9 Å². The van der Waals surface area contributed by atoms with Crippen LogP contribution in [0.5, 0.6) is 0 Å². The lowest BCUT2D eigenvalue weighted by atomic mass is 10.2. The van der Waals surface area contributed by atoms with Crippen molar-refractivity contribution in [3.8, 4) is 0 Å². The predicted octanol–water partition coefficient (Wildman–Crippen LogP) is 3.49. The van der Waals surface area contributed by atoms with Gasteiger partial charge in [0.25, 0.3) is 0 Å². The average Bonchev–Trinajstić information content (AvgIpc) is 2.97. The normalized spacial score (nSPS) is 11.0. The minimum atomic E-state index is -0.364. The van der Waals surface area contributed by atoms with E-state index in [1.165, 1.54) is 18.3 Å². The van der Waals surface area contributed by atoms with Crippen LogP contribution >= 0.6 is 0 Å². The number of urea groups is 1. The molecule has 6 heteroatoms. The van der Waals surface area contributed by atoms with Crippen LogP contribution in [0.3, 0.4) is 0 Å². The van der Waals surface area contributed by atoms with Gasteiger partial charge in [0.15, 0.2) is 0 Å². The number of nitrogens with zero attached hydrogens (tertiary/aromatic N) is 1. The fourth-order valence-electron chi connectivity index (χ4n) is 1.97. The minimum absolute atomic E-state index is 0.294. The number of amides is 2. The molecule has 3 aromatic rings. The molecule has 3 rings (SSSR count). The number of fused-ring (bicyclic) bond motifs is 1. The lowest BCUT2D eigenvalue weighted by Crippen LogP contribution is -2.23. The summed E-state index contributed by atoms with van der Waals surface area (Å²) in [7, 11) is 0. The number of H-pyrrole nitrogens is 1. The highest BCUT2D eigenvalue weighted by atomic mass is 19.1. The second-order valence-electron chi connectivity index (χ2n) is 4.66. The number of nitrogens with one attached hydrogen (secondary N) is 3. The highest BCUT2D eigenvalue weighted by molar-refractivity contribution is 5.93. The summed E-state index contributed by atoms with van der Waals surface area (Å²) in [5, 5.41) is 13.0. The van der Waals surface area contributed by atoms with Crippen LogP contribution < -0.4 is 10.6 Å². The zero-order valence-electron chi connectivity index (χ0n) is 11.5. The summed E-state index contributed by atoms with van der Waals surface area (Å²) in [5.74, 6) is -0.294. The van der Waals surface area contributed by atoms with Gasteiger partial charge in [-0.15, -0.1) is 0 Å². The largest absolute Gasteiger partial charge is 0.323 e. The van der Waals surface area contributed by atoms with E-state index in [9.17, 15) is 9.18 Å². The quantitative estimate of drug-likeness (QED) is 0.692. The molecule has 0 aliphatic carbocycles. The summed E-state index contributed by atoms with van der Waals surface area (Å²) < 4.78 is 12.8. The van der Waals surface area contributed by atoms with Crippen LogP contribution in [0.15, 0.2) is 54.9 Å². The van der Waals surface area contributed by atoms with Crippen molar-refractivity contribution < 1.29 is 9.18 Å². The fraction of sp³-hybridized carbons (Fsp3) is 0. The number of hydrogen-bond donors (Lipinski definition) is 3. The molecular formula is C16H13FN4O. The molecule has 2 aromatic carbocycles. The van der Waals surface area contributed by atoms with E-state index in [2.05, 4.69) is 20.8 Å². The predicted molar refractivity (Wildman–Crippen MR) is 83.7 cm³/mol. The smallest absolute Gasteiger partial charge is 0.314 e. The third-order valence-corrected chi connectivity index (χ3v) is 3.06. The summed E-state index contributed by atoms with van der Waals surface area (Å²) in [6.45, 7) is 0. The second-order valence-corrected chi connectivity index (χ2v) is 4.66. The second kappa shape index (κ2) is 6.09. The summed E-state index contributed by atoms with van der Waals surface area (Å²) >= 11 is 0. The van der Waals surface area contributed by atoms with E-state index in [0.717, 1.165) is 16.5 Å². The Balaban J connectivity index is 1.58. The van der Waals surface area contributed by atoms with Crippen molar-refractivity contribution in [3.05, 3.63) is 66.2 Å². The summed E-state index contributed by atoms with van der Waals surface area (Å²) in [4.78, 5) is 11.8. The van der Waals surface area contributed by atoms with Gasteiger partial charge in [-0.3, -0.25) is 5.10 Å². The van der Waals surface area contributed by atoms with Crippen LogP contribution in [0.2, 0.25) is 0 Å². The number of anilines is 1. The maximum atomic E-state index is 12.8. The van der Waals surface area contributed by atoms with Gasteiger partial charge in [-0.25, -0.2) is 9.18 Å². The Kier molecular flexibility index (Phi) is 3.82. The van der Waals surface area contributed by atoms with Gasteiger partial charge < -0.3 is 10.6 Å². The van der Waals surface area contributed by atoms with Crippen LogP contribution in [0, 0.1) is 5.82 Å². The highest BCUT2D eigenvalue weighted by Crippen LogP contribution is 2.16. The number of rotatable bonds is 3. The standard InChI is InChI=1S/C16H13FN4O/c17-13-4-1-11(2-5-13)7-8-18-16(22)20-14-6-3-12-10-19-21-15(12)9-14/h1-10H,(H,19,21)(H2,18,20,22)/b8-7+. The van der Waals surface area contributed by atoms with Gasteiger partial charge in [0.05, 0.1) is 11.7 Å². The van der Waals surface area contributed by atoms with Gasteiger partial charge >= 0.3 is 6.03 Å². The third-order valence-electron chi connectivity index (χ3n) is 3.06. The third kappa shape index (κ3) is 3.29. The van der Waals surface area contributed by atoms with Crippen molar-refractivity contribution in [2.45, 2.75) is 0 Å². The molecule has 0 saturated carbocycles. The van der Waals surface area contributed by atoms with Gasteiger partial charge in [-0.2, -0.15) is 5.10 Å². The number of hydrogen-bond acceptors (Lipinski definition) is 2. The first-order valence-electron chi connectivity index (χ1n) is 6.63. The maximum Gasteiger partial charge on any atom is 0.323 e. The molecule has 22 heavy (non-hydrogen) atoms. The van der Waals surface area contributed by atoms with Crippen molar-refractivity contribution in [1.29, 1.82) is 0 Å². The van der Waals surface area contributed by atoms with E-state index in [1.807, 2.05) is 6.07 Å². The maximum absolute atomic E-state index is 12.8. The molecule has 110 valence electrons. The van der Waals surface area contributed by atoms with Gasteiger partial charge in [-0.1, -0.05) is 12.1 Å². The summed E-state index contributed by atoms with van der Waals surface area (Å²) in [5.41, 5.74) is 2.30. The number of halogens is 1. The van der Waals surface area contributed by atoms with Crippen molar-refractivity contribution >= 4 is 28.7 Å². The van der Waals surface area contributed by atoms with Crippen molar-refractivity contribution in [2.24, 2.45) is 0 Å². The molecule has 0 spiro atoms. The first-order valence-corrected chi connectivity index (χ1v) is 6.63. The molecule has 0 saturated heterocycles. The molecule has 0 bridgehead atoms. The fourth-order valence-corrected chi connectivity index (χ4v) is 1.97. The molecule has 0 unspecified atom stereocenters. The van der Waals surface area contributed by atoms with Crippen molar-refractivity contribution in [1.82, 2.24) is 15.5 Å². The van der Waals surface area contributed by atoms with Crippen LogP contribution in [-0.2, 0) is 0 Å². The number of carbonyl (C=O) groups is 1. The van der Waals surface area contributed by atoms with Gasteiger partial charge in [0.2, 0.25) is 0 Å². The van der Waals surface area contributed by atoms with E-state index in [4.69, 9.17) is 0 Å². The number of aromatic nitrogens is 2. The molecule has 2 amide bonds. The number of aromatic amines is 1. The zero-order chi connectivity index (χ0) is 15.4. The number of benzene rings is 2. The minimum Gasteiger partial charge on any atom is -0.314 e. The Labute approximate surface area is 125 Å². The molecule has 5 nitrogen and oxygen atoms in total. The topological polar surface area (TPSA) is 69.8 Å². The van der Waals surface area contributed by atoms with Gasteiger partial charge in [0, 0.05) is 17.3 Å². The Morgan fingerprint density at radius 2 is 2.00 bits per heavy atom. The highest BCUT2D eigenvalue weighted by Gasteiger charge is 2.01. The molecule has 3 N–H and O–H groups in total. The summed E-state index contributed by atoms with van der Waals surface area (Å²) in [6.07, 6.45) is 4.89. The lowest BCUT2D eigenvalue weighted by Gasteiger charge is -2.04. The van der Waals surface area contributed by atoms with E-state index < -0.39 is 0 Å². The molecule has 0 atom stereocenters. The van der Waals surface area contributed by atoms with Crippen LogP contribution in [0.1, 0.15) is 5.56 Å². The van der Waals surface area contributed by atoms with Crippen molar-refractivity contribution in [3.63, 3.8) is 0 Å². The summed E-state index contributed by atoms with van der Waals surface area (Å²) in [6, 6.07) is 11.1. The van der Waals surface area contributed by atoms with Gasteiger partial charge in [-0.05, 0) is 42.0 Å². The van der Waals surface area contributed by atoms with E-state index in [-0.39, 0.29) is 11.8 Å². The van der Waals surface area contributed by atoms with E-state index >= 15 is 0 Å². The molecule has 0 radical (unpaired) electrons. The van der Waals surface area contributed by atoms with Gasteiger partial charge in [0.1, 0.15) is 5.82 Å². The zero-order valence-corrected chi connectivity index (χ0v) is 11.5. The molecule has 0 fully saturated rings. The Bertz CT molecular complexity index is 824. The SMILES string of the molecule is O=C(N/C=C/c1ccc(F)cc1)Nc1ccc2cn[nH]c2c1. The number of carbonyl (C=O) groups excluding carboxylic acids is 1. The molecular weight excluding hydrogens is 283 g/mol. The van der Waals surface area contributed by atoms with E-state index in [1.54, 1.807) is 36.5 Å².